The number of nitrogens with zero attached hydrogens (tertiary/aromatic N) is 6. The summed E-state index contributed by atoms with van der Waals surface area (Å²) in [5, 5.41) is 39.8. The zero-order valence-electron chi connectivity index (χ0n) is 25.0. The van der Waals surface area contributed by atoms with Gasteiger partial charge in [-0.15, -0.1) is 0 Å². The number of benzene rings is 3. The summed E-state index contributed by atoms with van der Waals surface area (Å²) in [4.78, 5) is 9.20. The first-order chi connectivity index (χ1) is 23.5. The highest BCUT2D eigenvalue weighted by Gasteiger charge is 2.36. The average Bonchev–Trinajstić information content (AvgIpc) is 3.57. The van der Waals surface area contributed by atoms with Gasteiger partial charge in [0.15, 0.2) is 0 Å². The summed E-state index contributed by atoms with van der Waals surface area (Å²) >= 11 is 0. The molecule has 0 amide bonds. The van der Waals surface area contributed by atoms with E-state index in [2.05, 4.69) is 9.97 Å². The van der Waals surface area contributed by atoms with Gasteiger partial charge in [-0.3, -0.25) is 9.97 Å². The average molecular weight is 651 g/mol. The summed E-state index contributed by atoms with van der Waals surface area (Å²) in [5.41, 5.74) is 3.76. The Hall–Kier alpha value is -6.95. The lowest BCUT2D eigenvalue weighted by Gasteiger charge is -2.10. The molecular formula is C38H15F5N6. The molecule has 3 aromatic carbocycles. The van der Waals surface area contributed by atoms with Crippen molar-refractivity contribution in [1.82, 2.24) is 9.97 Å². The van der Waals surface area contributed by atoms with Crippen LogP contribution in [-0.4, -0.2) is 9.97 Å². The molecule has 0 atom stereocenters. The molecule has 0 bridgehead atoms. The monoisotopic (exact) mass is 650 g/mol. The SMILES string of the molecule is Cc1ccc(-c2cnc3c(c2)C(=C(C#N)C#N)c2cc4c(cc2-3)-c2ncc(-c3ccc(C(F)(F)F)c(F)c3)cc2C4=C(C#N)C#N)cc1F. The maximum absolute atomic E-state index is 14.5. The van der Waals surface area contributed by atoms with E-state index in [0.717, 1.165) is 12.1 Å². The molecule has 0 fully saturated rings. The number of hydrogen-bond acceptors (Lipinski definition) is 6. The fourth-order valence-electron chi connectivity index (χ4n) is 6.26. The number of pyridine rings is 2. The summed E-state index contributed by atoms with van der Waals surface area (Å²) in [7, 11) is 0. The van der Waals surface area contributed by atoms with E-state index < -0.39 is 23.4 Å². The summed E-state index contributed by atoms with van der Waals surface area (Å²) < 4.78 is 68.5. The van der Waals surface area contributed by atoms with E-state index in [1.165, 1.54) is 18.3 Å². The number of nitriles is 4. The normalized spacial score (nSPS) is 12.1. The Morgan fingerprint density at radius 3 is 1.43 bits per heavy atom. The lowest BCUT2D eigenvalue weighted by molar-refractivity contribution is -0.139. The van der Waals surface area contributed by atoms with Gasteiger partial charge in [-0.1, -0.05) is 18.2 Å². The van der Waals surface area contributed by atoms with Crippen molar-refractivity contribution < 1.29 is 22.0 Å². The van der Waals surface area contributed by atoms with E-state index in [4.69, 9.17) is 0 Å². The van der Waals surface area contributed by atoms with Crippen molar-refractivity contribution >= 4 is 11.1 Å². The van der Waals surface area contributed by atoms with E-state index in [1.54, 1.807) is 43.5 Å². The predicted octanol–water partition coefficient (Wildman–Crippen LogP) is 9.07. The number of alkyl halides is 3. The van der Waals surface area contributed by atoms with Gasteiger partial charge in [-0.05, 0) is 77.2 Å². The molecular weight excluding hydrogens is 635 g/mol. The van der Waals surface area contributed by atoms with Gasteiger partial charge < -0.3 is 0 Å². The lowest BCUT2D eigenvalue weighted by Crippen LogP contribution is -2.07. The Kier molecular flexibility index (Phi) is 6.95. The van der Waals surface area contributed by atoms with Crippen molar-refractivity contribution in [3.05, 3.63) is 129 Å². The Morgan fingerprint density at radius 1 is 0.551 bits per heavy atom. The van der Waals surface area contributed by atoms with Crippen LogP contribution in [0.25, 0.3) is 55.9 Å². The number of hydrogen-bond donors (Lipinski definition) is 0. The molecule has 0 unspecified atom stereocenters. The fourth-order valence-corrected chi connectivity index (χ4v) is 6.26. The third kappa shape index (κ3) is 4.73. The molecule has 49 heavy (non-hydrogen) atoms. The summed E-state index contributed by atoms with van der Waals surface area (Å²) in [6, 6.07) is 21.5. The van der Waals surface area contributed by atoms with Crippen LogP contribution in [0, 0.1) is 63.9 Å². The second-order valence-electron chi connectivity index (χ2n) is 11.3. The van der Waals surface area contributed by atoms with E-state index in [1.807, 2.05) is 24.3 Å². The Labute approximate surface area is 275 Å². The third-order valence-electron chi connectivity index (χ3n) is 8.58. The van der Waals surface area contributed by atoms with E-state index in [0.29, 0.717) is 67.5 Å². The second-order valence-corrected chi connectivity index (χ2v) is 11.3. The molecule has 2 aromatic heterocycles. The number of allylic oxidation sites excluding steroid dienone is 2. The minimum atomic E-state index is -4.89. The van der Waals surface area contributed by atoms with Crippen LogP contribution in [0.3, 0.4) is 0 Å². The van der Waals surface area contributed by atoms with E-state index >= 15 is 0 Å². The van der Waals surface area contributed by atoms with Crippen LogP contribution in [0.4, 0.5) is 22.0 Å². The molecule has 0 radical (unpaired) electrons. The largest absolute Gasteiger partial charge is 0.419 e. The number of rotatable bonds is 2. The van der Waals surface area contributed by atoms with Gasteiger partial charge in [0.05, 0.1) is 17.0 Å². The molecule has 6 nitrogen and oxygen atoms in total. The van der Waals surface area contributed by atoms with Gasteiger partial charge in [0.1, 0.15) is 47.1 Å². The number of aryl methyl sites for hydroxylation is 1. The highest BCUT2D eigenvalue weighted by Crippen LogP contribution is 2.53. The highest BCUT2D eigenvalue weighted by atomic mass is 19.4. The second kappa shape index (κ2) is 11.1. The van der Waals surface area contributed by atoms with Gasteiger partial charge in [0.25, 0.3) is 0 Å². The number of aromatic nitrogens is 2. The van der Waals surface area contributed by atoms with Gasteiger partial charge in [-0.2, -0.15) is 34.2 Å². The maximum Gasteiger partial charge on any atom is 0.419 e. The van der Waals surface area contributed by atoms with Crippen LogP contribution in [-0.2, 0) is 6.18 Å². The highest BCUT2D eigenvalue weighted by molar-refractivity contribution is 6.10. The van der Waals surface area contributed by atoms with Crippen LogP contribution >= 0.6 is 0 Å². The first kappa shape index (κ1) is 30.7. The molecule has 232 valence electrons. The minimum absolute atomic E-state index is 0.0920. The topological polar surface area (TPSA) is 121 Å². The van der Waals surface area contributed by atoms with Crippen molar-refractivity contribution in [3.63, 3.8) is 0 Å². The molecule has 0 aliphatic heterocycles. The first-order valence-corrected chi connectivity index (χ1v) is 14.4. The van der Waals surface area contributed by atoms with Crippen LogP contribution in [0.2, 0.25) is 0 Å². The van der Waals surface area contributed by atoms with Gasteiger partial charge in [0.2, 0.25) is 0 Å². The van der Waals surface area contributed by atoms with Crippen LogP contribution in [0.5, 0.6) is 0 Å². The standard InChI is InChI=1S/C38H15F5N6/c1-18-2-3-19(8-32(18)39)21-6-29-34(23(12-44)13-45)25-10-26-28(11-27(25)36(29)48-16-21)37-30(35(26)24(14-46)15-47)7-22(17-49-37)20-4-5-31(33(40)9-20)38(41,42)43/h2-11,16-17H,1H3. The van der Waals surface area contributed by atoms with Crippen molar-refractivity contribution in [2.24, 2.45) is 0 Å². The zero-order chi connectivity index (χ0) is 34.8. The van der Waals surface area contributed by atoms with Crippen LogP contribution in [0.1, 0.15) is 33.4 Å². The molecule has 0 spiro atoms. The van der Waals surface area contributed by atoms with Gasteiger partial charge in [-0.25, -0.2) is 8.78 Å². The molecule has 0 saturated carbocycles. The molecule has 0 saturated heterocycles. The zero-order valence-corrected chi connectivity index (χ0v) is 25.0. The van der Waals surface area contributed by atoms with Gasteiger partial charge >= 0.3 is 6.18 Å². The van der Waals surface area contributed by atoms with Crippen molar-refractivity contribution in [2.75, 3.05) is 0 Å². The van der Waals surface area contributed by atoms with Gasteiger partial charge in [0, 0.05) is 56.9 Å². The fraction of sp³-hybridized carbons (Fsp3) is 0.0526. The predicted molar refractivity (Wildman–Crippen MR) is 168 cm³/mol. The first-order valence-electron chi connectivity index (χ1n) is 14.4. The van der Waals surface area contributed by atoms with Crippen LogP contribution < -0.4 is 0 Å². The molecule has 7 rings (SSSR count). The smallest absolute Gasteiger partial charge is 0.255 e. The van der Waals surface area contributed by atoms with Crippen molar-refractivity contribution in [2.45, 2.75) is 13.1 Å². The quantitative estimate of drug-likeness (QED) is 0.136. The molecule has 2 heterocycles. The minimum Gasteiger partial charge on any atom is -0.255 e. The number of fused-ring (bicyclic) bond motifs is 6. The van der Waals surface area contributed by atoms with E-state index in [-0.39, 0.29) is 33.4 Å². The molecule has 0 N–H and O–H groups in total. The van der Waals surface area contributed by atoms with Crippen molar-refractivity contribution in [3.8, 4) is 69.0 Å². The Bertz CT molecular complexity index is 2540. The maximum atomic E-state index is 14.5. The molecule has 11 heteroatoms. The molecule has 2 aliphatic carbocycles. The molecule has 2 aliphatic rings. The summed E-state index contributed by atoms with van der Waals surface area (Å²) in [6.45, 7) is 1.64. The van der Waals surface area contributed by atoms with Crippen LogP contribution in [0.15, 0.2) is 84.2 Å². The Morgan fingerprint density at radius 2 is 1.00 bits per heavy atom. The third-order valence-corrected chi connectivity index (χ3v) is 8.58. The number of halogens is 5. The lowest BCUT2D eigenvalue weighted by atomic mass is 9.92. The van der Waals surface area contributed by atoms with E-state index in [9.17, 15) is 43.0 Å². The Balaban J connectivity index is 1.45. The van der Waals surface area contributed by atoms with Crippen molar-refractivity contribution in [1.29, 1.82) is 21.0 Å². The summed E-state index contributed by atoms with van der Waals surface area (Å²) in [5.74, 6) is -1.88. The molecule has 5 aromatic rings. The summed E-state index contributed by atoms with van der Waals surface area (Å²) in [6.07, 6.45) is -1.98.